The fourth-order valence-corrected chi connectivity index (χ4v) is 4.02. The number of nitrogens with zero attached hydrogens (tertiary/aromatic N) is 3. The summed E-state index contributed by atoms with van der Waals surface area (Å²) in [6, 6.07) is 0. The summed E-state index contributed by atoms with van der Waals surface area (Å²) in [5.74, 6) is 0. The Morgan fingerprint density at radius 2 is 0.300 bits per heavy atom. The molecule has 30 heavy (non-hydrogen) atoms. The van der Waals surface area contributed by atoms with Gasteiger partial charge in [-0.2, -0.15) is 0 Å². The molecule has 0 heterocycles. The van der Waals surface area contributed by atoms with Crippen LogP contribution in [0.3, 0.4) is 0 Å². The van der Waals surface area contributed by atoms with E-state index in [9.17, 15) is 0 Å². The van der Waals surface area contributed by atoms with E-state index in [1.807, 2.05) is 0 Å². The van der Waals surface area contributed by atoms with Gasteiger partial charge in [0.25, 0.3) is 0 Å². The third-order valence-electron chi connectivity index (χ3n) is 8.05. The van der Waals surface area contributed by atoms with Crippen molar-refractivity contribution < 1.29 is 64.4 Å². The number of rotatable bonds is 12. The third-order valence-corrected chi connectivity index (χ3v) is 8.05. The molecule has 0 aliphatic rings. The molecule has 0 aliphatic heterocycles. The lowest BCUT2D eigenvalue weighted by Crippen LogP contribution is -3.00. The van der Waals surface area contributed by atoms with Crippen LogP contribution in [0, 0.1) is 0 Å². The Kier molecular flexibility index (Phi) is 39.8. The molecule has 6 heteroatoms. The normalized spacial score (nSPS) is 10.8. The summed E-state index contributed by atoms with van der Waals surface area (Å²) < 4.78 is 3.83. The number of quaternary nitrogens is 3. The zero-order valence-electron chi connectivity index (χ0n) is 23.0. The van der Waals surface area contributed by atoms with Crippen molar-refractivity contribution in [2.45, 2.75) is 83.1 Å². The van der Waals surface area contributed by atoms with Crippen LogP contribution in [0.1, 0.15) is 83.1 Å². The standard InChI is InChI=1S/3C8H20N.3BrH/c3*1-5-9(6-2,7-3)8-4;;;/h3*5-8H2,1-4H3;3*1H/q3*+1;;;/p-3. The zero-order chi connectivity index (χ0) is 22.0. The zero-order valence-corrected chi connectivity index (χ0v) is 27.7. The first-order valence-corrected chi connectivity index (χ1v) is 12.3. The lowest BCUT2D eigenvalue weighted by Gasteiger charge is -2.34. The fraction of sp³-hybridized carbons (Fsp3) is 1.00. The van der Waals surface area contributed by atoms with Gasteiger partial charge < -0.3 is 64.4 Å². The van der Waals surface area contributed by atoms with Gasteiger partial charge in [0.05, 0.1) is 78.5 Å². The molecular weight excluding hydrogens is 570 g/mol. The second kappa shape index (κ2) is 26.6. The summed E-state index contributed by atoms with van der Waals surface area (Å²) in [4.78, 5) is 0. The Labute approximate surface area is 225 Å². The van der Waals surface area contributed by atoms with Gasteiger partial charge >= 0.3 is 0 Å². The molecule has 0 unspecified atom stereocenters. The highest BCUT2D eigenvalue weighted by Gasteiger charge is 2.17. The van der Waals surface area contributed by atoms with Crippen molar-refractivity contribution in [3.63, 3.8) is 0 Å². The highest BCUT2D eigenvalue weighted by molar-refractivity contribution is 4.32. The maximum Gasteiger partial charge on any atom is 0.0757 e. The monoisotopic (exact) mass is 627 g/mol. The van der Waals surface area contributed by atoms with Crippen LogP contribution in [0.4, 0.5) is 0 Å². The first-order valence-electron chi connectivity index (χ1n) is 12.3. The topological polar surface area (TPSA) is 0 Å². The Morgan fingerprint density at radius 3 is 0.300 bits per heavy atom. The molecule has 0 aromatic heterocycles. The first kappa shape index (κ1) is 44.9. The predicted octanol–water partition coefficient (Wildman–Crippen LogP) is -3.34. The summed E-state index contributed by atoms with van der Waals surface area (Å²) in [5.41, 5.74) is 0. The smallest absolute Gasteiger partial charge is 0.0757 e. The van der Waals surface area contributed by atoms with E-state index >= 15 is 0 Å². The van der Waals surface area contributed by atoms with Crippen molar-refractivity contribution in [1.29, 1.82) is 0 Å². The summed E-state index contributed by atoms with van der Waals surface area (Å²) in [7, 11) is 0. The maximum absolute atomic E-state index is 2.27. The van der Waals surface area contributed by atoms with Crippen LogP contribution in [-0.2, 0) is 0 Å². The highest BCUT2D eigenvalue weighted by Crippen LogP contribution is 2.04. The Hall–Kier alpha value is 1.32. The molecule has 0 aliphatic carbocycles. The third kappa shape index (κ3) is 16.9. The quantitative estimate of drug-likeness (QED) is 0.198. The molecule has 0 saturated heterocycles. The van der Waals surface area contributed by atoms with Crippen molar-refractivity contribution in [2.75, 3.05) is 78.5 Å². The van der Waals surface area contributed by atoms with Crippen molar-refractivity contribution >= 4 is 0 Å². The minimum Gasteiger partial charge on any atom is -1.00 e. The molecule has 0 N–H and O–H groups in total. The molecule has 0 radical (unpaired) electrons. The molecule has 0 bridgehead atoms. The van der Waals surface area contributed by atoms with Gasteiger partial charge in [0.2, 0.25) is 0 Å². The van der Waals surface area contributed by atoms with Crippen molar-refractivity contribution in [2.24, 2.45) is 0 Å². The second-order valence-corrected chi connectivity index (χ2v) is 7.82. The van der Waals surface area contributed by atoms with Crippen molar-refractivity contribution in [1.82, 2.24) is 0 Å². The second-order valence-electron chi connectivity index (χ2n) is 7.82. The van der Waals surface area contributed by atoms with Crippen LogP contribution in [0.15, 0.2) is 0 Å². The van der Waals surface area contributed by atoms with Gasteiger partial charge in [-0.1, -0.05) is 0 Å². The first-order chi connectivity index (χ1) is 12.7. The van der Waals surface area contributed by atoms with Gasteiger partial charge in [0.1, 0.15) is 0 Å². The molecular formula is C24H60Br3N3. The van der Waals surface area contributed by atoms with Crippen molar-refractivity contribution in [3.8, 4) is 0 Å². The highest BCUT2D eigenvalue weighted by atomic mass is 79.9. The van der Waals surface area contributed by atoms with Gasteiger partial charge in [-0.15, -0.1) is 0 Å². The molecule has 0 aromatic rings. The summed E-state index contributed by atoms with van der Waals surface area (Å²) >= 11 is 0. The molecule has 0 saturated carbocycles. The molecule has 0 aromatic carbocycles. The Morgan fingerprint density at radius 1 is 0.233 bits per heavy atom. The Balaban J connectivity index is -0.0000000686. The molecule has 3 nitrogen and oxygen atoms in total. The predicted molar refractivity (Wildman–Crippen MR) is 127 cm³/mol. The summed E-state index contributed by atoms with van der Waals surface area (Å²) in [6.45, 7) is 42.7. The average molecular weight is 630 g/mol. The maximum atomic E-state index is 2.27. The Bertz CT molecular complexity index is 204. The molecule has 192 valence electrons. The molecule has 0 amide bonds. The van der Waals surface area contributed by atoms with E-state index in [1.54, 1.807) is 0 Å². The van der Waals surface area contributed by atoms with E-state index in [2.05, 4.69) is 83.1 Å². The van der Waals surface area contributed by atoms with Gasteiger partial charge in [-0.3, -0.25) is 0 Å². The van der Waals surface area contributed by atoms with Crippen LogP contribution in [0.2, 0.25) is 0 Å². The molecule has 0 spiro atoms. The van der Waals surface area contributed by atoms with Crippen LogP contribution in [0.25, 0.3) is 0 Å². The SMILES string of the molecule is CC[N+](CC)(CC)CC.CC[N+](CC)(CC)CC.CC[N+](CC)(CC)CC.[Br-].[Br-].[Br-]. The fourth-order valence-electron chi connectivity index (χ4n) is 4.02. The van der Waals surface area contributed by atoms with Crippen LogP contribution in [-0.4, -0.2) is 92.0 Å². The molecule has 0 fully saturated rings. The van der Waals surface area contributed by atoms with E-state index < -0.39 is 0 Å². The number of hydrogen-bond acceptors (Lipinski definition) is 0. The van der Waals surface area contributed by atoms with Crippen LogP contribution < -0.4 is 50.9 Å². The minimum atomic E-state index is 0. The van der Waals surface area contributed by atoms with Gasteiger partial charge in [0.15, 0.2) is 0 Å². The van der Waals surface area contributed by atoms with Crippen LogP contribution >= 0.6 is 0 Å². The van der Waals surface area contributed by atoms with Gasteiger partial charge in [-0.25, -0.2) is 0 Å². The largest absolute Gasteiger partial charge is 1.00 e. The van der Waals surface area contributed by atoms with E-state index in [0.717, 1.165) is 0 Å². The summed E-state index contributed by atoms with van der Waals surface area (Å²) in [5, 5.41) is 0. The van der Waals surface area contributed by atoms with E-state index in [4.69, 9.17) is 0 Å². The minimum absolute atomic E-state index is 0. The number of halogens is 3. The van der Waals surface area contributed by atoms with Gasteiger partial charge in [-0.05, 0) is 83.1 Å². The van der Waals surface area contributed by atoms with E-state index in [1.165, 1.54) is 92.0 Å². The van der Waals surface area contributed by atoms with Crippen molar-refractivity contribution in [3.05, 3.63) is 0 Å². The molecule has 0 rings (SSSR count). The van der Waals surface area contributed by atoms with E-state index in [-0.39, 0.29) is 50.9 Å². The van der Waals surface area contributed by atoms with Crippen LogP contribution in [0.5, 0.6) is 0 Å². The molecule has 0 atom stereocenters. The average Bonchev–Trinajstić information content (AvgIpc) is 2.75. The number of hydrogen-bond donors (Lipinski definition) is 0. The lowest BCUT2D eigenvalue weighted by atomic mass is 10.3. The van der Waals surface area contributed by atoms with E-state index in [0.29, 0.717) is 0 Å². The van der Waals surface area contributed by atoms with Gasteiger partial charge in [0, 0.05) is 0 Å². The lowest BCUT2D eigenvalue weighted by molar-refractivity contribution is -0.921. The summed E-state index contributed by atoms with van der Waals surface area (Å²) in [6.07, 6.45) is 0.